The number of benzene rings is 1. The molecule has 0 bridgehead atoms. The van der Waals surface area contributed by atoms with Crippen molar-refractivity contribution in [3.8, 4) is 5.75 Å². The minimum atomic E-state index is -3.66. The summed E-state index contributed by atoms with van der Waals surface area (Å²) in [5, 5.41) is 4.99. The Hall–Kier alpha value is -1.11. The van der Waals surface area contributed by atoms with Gasteiger partial charge < -0.3 is 9.47 Å². The number of nitrogens with two attached hydrogens (primary N) is 1. The molecule has 82 valence electrons. The molecule has 0 saturated carbocycles. The fourth-order valence-electron chi connectivity index (χ4n) is 1.09. The normalized spacial score (nSPS) is 19.9. The Morgan fingerprint density at radius 1 is 1.53 bits per heavy atom. The molecular formula is C9H11NO4S. The maximum absolute atomic E-state index is 11.0. The number of ether oxygens (including phenoxy) is 2. The van der Waals surface area contributed by atoms with Gasteiger partial charge in [-0.25, -0.2) is 13.6 Å². The van der Waals surface area contributed by atoms with Crippen molar-refractivity contribution in [3.05, 3.63) is 24.3 Å². The molecule has 1 aromatic rings. The van der Waals surface area contributed by atoms with E-state index in [1.807, 2.05) is 0 Å². The summed E-state index contributed by atoms with van der Waals surface area (Å²) in [6, 6.07) is 6.09. The second-order valence-electron chi connectivity index (χ2n) is 3.29. The van der Waals surface area contributed by atoms with Gasteiger partial charge in [0.1, 0.15) is 18.5 Å². The van der Waals surface area contributed by atoms with Crippen molar-refractivity contribution in [1.29, 1.82) is 0 Å². The van der Waals surface area contributed by atoms with Gasteiger partial charge in [0.05, 0.1) is 11.5 Å². The van der Waals surface area contributed by atoms with Gasteiger partial charge in [0.15, 0.2) is 0 Å². The highest BCUT2D eigenvalue weighted by atomic mass is 32.2. The number of hydrogen-bond donors (Lipinski definition) is 1. The molecule has 2 rings (SSSR count). The summed E-state index contributed by atoms with van der Waals surface area (Å²) in [7, 11) is -3.66. The zero-order valence-corrected chi connectivity index (χ0v) is 8.74. The van der Waals surface area contributed by atoms with Crippen LogP contribution in [0.1, 0.15) is 0 Å². The summed E-state index contributed by atoms with van der Waals surface area (Å²) in [4.78, 5) is 0.0525. The monoisotopic (exact) mass is 229 g/mol. The molecule has 1 atom stereocenters. The first-order chi connectivity index (χ1) is 7.05. The molecule has 0 amide bonds. The van der Waals surface area contributed by atoms with Crippen LogP contribution in [-0.2, 0) is 14.8 Å². The lowest BCUT2D eigenvalue weighted by Crippen LogP contribution is -2.12. The Labute approximate surface area is 87.8 Å². The van der Waals surface area contributed by atoms with Crippen LogP contribution in [0.3, 0.4) is 0 Å². The van der Waals surface area contributed by atoms with E-state index in [1.54, 1.807) is 12.1 Å². The number of rotatable bonds is 4. The smallest absolute Gasteiger partial charge is 0.238 e. The predicted octanol–water partition coefficient (Wildman–Crippen LogP) is 0.112. The van der Waals surface area contributed by atoms with Gasteiger partial charge in [0.25, 0.3) is 0 Å². The molecule has 6 heteroatoms. The lowest BCUT2D eigenvalue weighted by atomic mass is 10.3. The van der Waals surface area contributed by atoms with Crippen LogP contribution >= 0.6 is 0 Å². The van der Waals surface area contributed by atoms with Gasteiger partial charge in [-0.3, -0.25) is 0 Å². The third-order valence-electron chi connectivity index (χ3n) is 1.97. The molecule has 1 aliphatic heterocycles. The van der Waals surface area contributed by atoms with Crippen LogP contribution in [0.5, 0.6) is 5.75 Å². The highest BCUT2D eigenvalue weighted by molar-refractivity contribution is 7.89. The van der Waals surface area contributed by atoms with Crippen LogP contribution in [0, 0.1) is 0 Å². The lowest BCUT2D eigenvalue weighted by molar-refractivity contribution is 0.262. The van der Waals surface area contributed by atoms with Crippen molar-refractivity contribution in [2.45, 2.75) is 11.0 Å². The van der Waals surface area contributed by atoms with Gasteiger partial charge in [-0.05, 0) is 12.1 Å². The number of primary sulfonamides is 1. The molecule has 0 radical (unpaired) electrons. The summed E-state index contributed by atoms with van der Waals surface area (Å²) < 4.78 is 32.3. The molecule has 0 unspecified atom stereocenters. The van der Waals surface area contributed by atoms with E-state index in [-0.39, 0.29) is 11.0 Å². The molecule has 1 fully saturated rings. The van der Waals surface area contributed by atoms with Crippen LogP contribution in [0.2, 0.25) is 0 Å². The van der Waals surface area contributed by atoms with Crippen molar-refractivity contribution in [3.63, 3.8) is 0 Å². The first kappa shape index (κ1) is 10.4. The number of sulfonamides is 1. The molecule has 0 spiro atoms. The highest BCUT2D eigenvalue weighted by Crippen LogP contribution is 2.18. The van der Waals surface area contributed by atoms with Gasteiger partial charge in [0, 0.05) is 6.07 Å². The quantitative estimate of drug-likeness (QED) is 0.743. The zero-order chi connectivity index (χ0) is 10.9. The van der Waals surface area contributed by atoms with Crippen molar-refractivity contribution < 1.29 is 17.9 Å². The molecular weight excluding hydrogens is 218 g/mol. The van der Waals surface area contributed by atoms with Crippen LogP contribution in [0.25, 0.3) is 0 Å². The van der Waals surface area contributed by atoms with Crippen molar-refractivity contribution in [2.75, 3.05) is 13.2 Å². The van der Waals surface area contributed by atoms with Crippen LogP contribution < -0.4 is 9.88 Å². The fourth-order valence-corrected chi connectivity index (χ4v) is 1.64. The second-order valence-corrected chi connectivity index (χ2v) is 4.85. The average molecular weight is 229 g/mol. The molecule has 1 aromatic carbocycles. The standard InChI is InChI=1S/C9H11NO4S/c10-15(11,12)9-3-1-2-7(4-9)13-5-8-6-14-8/h1-4,8H,5-6H2,(H2,10,11,12)/t8-/m1/s1. The molecule has 15 heavy (non-hydrogen) atoms. The van der Waals surface area contributed by atoms with Gasteiger partial charge in [-0.15, -0.1) is 0 Å². The maximum atomic E-state index is 11.0. The average Bonchev–Trinajstić information content (AvgIpc) is 2.97. The largest absolute Gasteiger partial charge is 0.491 e. The summed E-state index contributed by atoms with van der Waals surface area (Å²) in [5.74, 6) is 0.483. The summed E-state index contributed by atoms with van der Waals surface area (Å²) in [6.07, 6.45) is 0.142. The van der Waals surface area contributed by atoms with E-state index < -0.39 is 10.0 Å². The SMILES string of the molecule is NS(=O)(=O)c1cccc(OC[C@@H]2CO2)c1. The molecule has 0 aromatic heterocycles. The van der Waals surface area contributed by atoms with E-state index in [0.29, 0.717) is 19.0 Å². The predicted molar refractivity (Wildman–Crippen MR) is 53.1 cm³/mol. The first-order valence-electron chi connectivity index (χ1n) is 4.43. The molecule has 1 aliphatic rings. The van der Waals surface area contributed by atoms with Gasteiger partial charge in [0.2, 0.25) is 10.0 Å². The van der Waals surface area contributed by atoms with Crippen LogP contribution in [-0.4, -0.2) is 27.7 Å². The van der Waals surface area contributed by atoms with E-state index in [1.165, 1.54) is 12.1 Å². The second kappa shape index (κ2) is 3.80. The van der Waals surface area contributed by atoms with E-state index in [2.05, 4.69) is 0 Å². The molecule has 2 N–H and O–H groups in total. The van der Waals surface area contributed by atoms with E-state index in [9.17, 15) is 8.42 Å². The maximum Gasteiger partial charge on any atom is 0.238 e. The Bertz CT molecular complexity index is 453. The van der Waals surface area contributed by atoms with E-state index >= 15 is 0 Å². The molecule has 1 heterocycles. The first-order valence-corrected chi connectivity index (χ1v) is 5.97. The molecule has 5 nitrogen and oxygen atoms in total. The van der Waals surface area contributed by atoms with Crippen LogP contribution in [0.4, 0.5) is 0 Å². The third-order valence-corrected chi connectivity index (χ3v) is 2.88. The minimum absolute atomic E-state index is 0.0525. The van der Waals surface area contributed by atoms with Crippen molar-refractivity contribution in [1.82, 2.24) is 0 Å². The Morgan fingerprint density at radius 3 is 2.87 bits per heavy atom. The van der Waals surface area contributed by atoms with Gasteiger partial charge in [-0.1, -0.05) is 6.07 Å². The van der Waals surface area contributed by atoms with Crippen molar-refractivity contribution >= 4 is 10.0 Å². The third kappa shape index (κ3) is 2.92. The topological polar surface area (TPSA) is 81.9 Å². The van der Waals surface area contributed by atoms with Gasteiger partial charge in [-0.2, -0.15) is 0 Å². The Morgan fingerprint density at radius 2 is 2.27 bits per heavy atom. The fraction of sp³-hybridized carbons (Fsp3) is 0.333. The summed E-state index contributed by atoms with van der Waals surface area (Å²) in [6.45, 7) is 1.14. The van der Waals surface area contributed by atoms with Gasteiger partial charge >= 0.3 is 0 Å². The molecule has 1 saturated heterocycles. The van der Waals surface area contributed by atoms with Crippen molar-refractivity contribution in [2.24, 2.45) is 5.14 Å². The highest BCUT2D eigenvalue weighted by Gasteiger charge is 2.23. The minimum Gasteiger partial charge on any atom is -0.491 e. The van der Waals surface area contributed by atoms with Crippen LogP contribution in [0.15, 0.2) is 29.2 Å². The molecule has 0 aliphatic carbocycles. The lowest BCUT2D eigenvalue weighted by Gasteiger charge is -2.05. The Kier molecular flexibility index (Phi) is 2.64. The Balaban J connectivity index is 2.11. The van der Waals surface area contributed by atoms with E-state index in [0.717, 1.165) is 0 Å². The summed E-state index contributed by atoms with van der Waals surface area (Å²) in [5.41, 5.74) is 0. The van der Waals surface area contributed by atoms with E-state index in [4.69, 9.17) is 14.6 Å². The number of hydrogen-bond acceptors (Lipinski definition) is 4. The number of epoxide rings is 1. The summed E-state index contributed by atoms with van der Waals surface area (Å²) >= 11 is 0. The zero-order valence-electron chi connectivity index (χ0n) is 7.92.